The zero-order valence-electron chi connectivity index (χ0n) is 12.4. The summed E-state index contributed by atoms with van der Waals surface area (Å²) >= 11 is 0. The van der Waals surface area contributed by atoms with Gasteiger partial charge in [-0.25, -0.2) is 0 Å². The molecule has 0 amide bonds. The molecule has 1 N–H and O–H groups in total. The third-order valence-corrected chi connectivity index (χ3v) is 4.38. The average Bonchev–Trinajstić information content (AvgIpc) is 2.35. The molecule has 18 heavy (non-hydrogen) atoms. The van der Waals surface area contributed by atoms with Crippen LogP contribution in [0.4, 0.5) is 0 Å². The molecule has 2 fully saturated rings. The van der Waals surface area contributed by atoms with Crippen LogP contribution in [-0.4, -0.2) is 48.8 Å². The highest BCUT2D eigenvalue weighted by Crippen LogP contribution is 2.20. The quantitative estimate of drug-likeness (QED) is 0.834. The topological polar surface area (TPSA) is 24.5 Å². The molecular formula is C15H30N2O. The molecule has 1 aliphatic carbocycles. The fourth-order valence-corrected chi connectivity index (χ4v) is 3.14. The van der Waals surface area contributed by atoms with E-state index in [9.17, 15) is 0 Å². The summed E-state index contributed by atoms with van der Waals surface area (Å²) in [6, 6.07) is 0.632. The van der Waals surface area contributed by atoms with Crippen molar-refractivity contribution in [3.8, 4) is 0 Å². The third-order valence-electron chi connectivity index (χ3n) is 4.38. The highest BCUT2D eigenvalue weighted by Gasteiger charge is 2.29. The Morgan fingerprint density at radius 3 is 2.67 bits per heavy atom. The van der Waals surface area contributed by atoms with Crippen LogP contribution in [0.25, 0.3) is 0 Å². The number of hydrogen-bond donors (Lipinski definition) is 1. The van der Waals surface area contributed by atoms with Crippen LogP contribution in [0, 0.1) is 0 Å². The van der Waals surface area contributed by atoms with Crippen molar-refractivity contribution in [1.82, 2.24) is 10.2 Å². The van der Waals surface area contributed by atoms with Gasteiger partial charge in [0.15, 0.2) is 0 Å². The normalized spacial score (nSPS) is 30.5. The smallest absolute Gasteiger partial charge is 0.0597 e. The molecule has 0 aromatic heterocycles. The number of rotatable bonds is 4. The Morgan fingerprint density at radius 1 is 1.22 bits per heavy atom. The van der Waals surface area contributed by atoms with Gasteiger partial charge in [0.05, 0.1) is 12.7 Å². The van der Waals surface area contributed by atoms with Crippen molar-refractivity contribution >= 4 is 0 Å². The molecule has 3 heteroatoms. The number of piperazine rings is 1. The van der Waals surface area contributed by atoms with Crippen molar-refractivity contribution in [2.45, 2.75) is 70.6 Å². The van der Waals surface area contributed by atoms with E-state index in [0.29, 0.717) is 12.1 Å². The summed E-state index contributed by atoms with van der Waals surface area (Å²) in [5.41, 5.74) is 0.247. The SMILES string of the molecule is CC1CNC(C)(C)CN1CCOC1CCCCC1. The van der Waals surface area contributed by atoms with Gasteiger partial charge in [0.1, 0.15) is 0 Å². The minimum atomic E-state index is 0.247. The van der Waals surface area contributed by atoms with E-state index >= 15 is 0 Å². The van der Waals surface area contributed by atoms with Crippen molar-refractivity contribution in [2.75, 3.05) is 26.2 Å². The van der Waals surface area contributed by atoms with Gasteiger partial charge in [0.2, 0.25) is 0 Å². The first-order valence-corrected chi connectivity index (χ1v) is 7.67. The molecule has 1 aliphatic heterocycles. The van der Waals surface area contributed by atoms with Crippen molar-refractivity contribution in [3.05, 3.63) is 0 Å². The molecule has 1 unspecified atom stereocenters. The minimum Gasteiger partial charge on any atom is -0.377 e. The Bertz CT molecular complexity index is 249. The van der Waals surface area contributed by atoms with Gasteiger partial charge in [-0.1, -0.05) is 19.3 Å². The van der Waals surface area contributed by atoms with Crippen molar-refractivity contribution in [2.24, 2.45) is 0 Å². The maximum atomic E-state index is 6.04. The van der Waals surface area contributed by atoms with Gasteiger partial charge in [-0.3, -0.25) is 4.90 Å². The van der Waals surface area contributed by atoms with Crippen LogP contribution >= 0.6 is 0 Å². The molecule has 0 aromatic rings. The lowest BCUT2D eigenvalue weighted by Crippen LogP contribution is -2.61. The first-order chi connectivity index (χ1) is 8.57. The first-order valence-electron chi connectivity index (χ1n) is 7.67. The second-order valence-corrected chi connectivity index (χ2v) is 6.72. The summed E-state index contributed by atoms with van der Waals surface area (Å²) in [5, 5.41) is 3.60. The summed E-state index contributed by atoms with van der Waals surface area (Å²) < 4.78 is 6.04. The van der Waals surface area contributed by atoms with Gasteiger partial charge in [0, 0.05) is 31.2 Å². The molecule has 0 spiro atoms. The number of nitrogens with one attached hydrogen (secondary N) is 1. The summed E-state index contributed by atoms with van der Waals surface area (Å²) in [4.78, 5) is 2.57. The number of hydrogen-bond acceptors (Lipinski definition) is 3. The summed E-state index contributed by atoms with van der Waals surface area (Å²) in [7, 11) is 0. The Balaban J connectivity index is 1.68. The molecule has 1 atom stereocenters. The molecule has 0 aromatic carbocycles. The Kier molecular flexibility index (Phi) is 5.05. The van der Waals surface area contributed by atoms with Crippen molar-refractivity contribution < 1.29 is 4.74 Å². The molecular weight excluding hydrogens is 224 g/mol. The zero-order chi connectivity index (χ0) is 13.0. The van der Waals surface area contributed by atoms with Crippen LogP contribution in [-0.2, 0) is 4.74 Å². The van der Waals surface area contributed by atoms with Crippen LogP contribution in [0.15, 0.2) is 0 Å². The van der Waals surface area contributed by atoms with E-state index in [1.165, 1.54) is 32.1 Å². The highest BCUT2D eigenvalue weighted by molar-refractivity contribution is 4.90. The van der Waals surface area contributed by atoms with Crippen LogP contribution < -0.4 is 5.32 Å². The van der Waals surface area contributed by atoms with E-state index in [0.717, 1.165) is 26.2 Å². The van der Waals surface area contributed by atoms with E-state index in [2.05, 4.69) is 31.0 Å². The molecule has 2 aliphatic rings. The lowest BCUT2D eigenvalue weighted by molar-refractivity contribution is 0.000691. The zero-order valence-corrected chi connectivity index (χ0v) is 12.4. The maximum absolute atomic E-state index is 6.04. The van der Waals surface area contributed by atoms with Crippen molar-refractivity contribution in [1.29, 1.82) is 0 Å². The third kappa shape index (κ3) is 4.22. The lowest BCUT2D eigenvalue weighted by atomic mass is 9.98. The van der Waals surface area contributed by atoms with Gasteiger partial charge < -0.3 is 10.1 Å². The van der Waals surface area contributed by atoms with Crippen LogP contribution in [0.3, 0.4) is 0 Å². The van der Waals surface area contributed by atoms with E-state index in [4.69, 9.17) is 4.74 Å². The molecule has 106 valence electrons. The monoisotopic (exact) mass is 254 g/mol. The summed E-state index contributed by atoms with van der Waals surface area (Å²) in [6.07, 6.45) is 7.24. The van der Waals surface area contributed by atoms with Gasteiger partial charge >= 0.3 is 0 Å². The minimum absolute atomic E-state index is 0.247. The Labute approximate surface area is 112 Å². The van der Waals surface area contributed by atoms with Crippen LogP contribution in [0.1, 0.15) is 52.9 Å². The molecule has 0 radical (unpaired) electrons. The molecule has 2 rings (SSSR count). The molecule has 3 nitrogen and oxygen atoms in total. The van der Waals surface area contributed by atoms with E-state index < -0.39 is 0 Å². The second kappa shape index (κ2) is 6.36. The van der Waals surface area contributed by atoms with Gasteiger partial charge in [0.25, 0.3) is 0 Å². The molecule has 1 heterocycles. The van der Waals surface area contributed by atoms with Gasteiger partial charge in [-0.2, -0.15) is 0 Å². The predicted octanol–water partition coefficient (Wildman–Crippen LogP) is 2.41. The van der Waals surface area contributed by atoms with E-state index in [1.807, 2.05) is 0 Å². The second-order valence-electron chi connectivity index (χ2n) is 6.72. The lowest BCUT2D eigenvalue weighted by Gasteiger charge is -2.43. The van der Waals surface area contributed by atoms with E-state index in [-0.39, 0.29) is 5.54 Å². The highest BCUT2D eigenvalue weighted by atomic mass is 16.5. The molecule has 0 bridgehead atoms. The Morgan fingerprint density at radius 2 is 1.94 bits per heavy atom. The van der Waals surface area contributed by atoms with Crippen LogP contribution in [0.5, 0.6) is 0 Å². The summed E-state index contributed by atoms with van der Waals surface area (Å²) in [6.45, 7) is 11.1. The van der Waals surface area contributed by atoms with Gasteiger partial charge in [-0.05, 0) is 33.6 Å². The van der Waals surface area contributed by atoms with Crippen molar-refractivity contribution in [3.63, 3.8) is 0 Å². The molecule has 1 saturated heterocycles. The van der Waals surface area contributed by atoms with E-state index in [1.54, 1.807) is 0 Å². The molecule has 1 saturated carbocycles. The average molecular weight is 254 g/mol. The first kappa shape index (κ1) is 14.3. The fourth-order valence-electron chi connectivity index (χ4n) is 3.14. The number of ether oxygens (including phenoxy) is 1. The summed E-state index contributed by atoms with van der Waals surface area (Å²) in [5.74, 6) is 0. The van der Waals surface area contributed by atoms with Gasteiger partial charge in [-0.15, -0.1) is 0 Å². The van der Waals surface area contributed by atoms with Crippen LogP contribution in [0.2, 0.25) is 0 Å². The maximum Gasteiger partial charge on any atom is 0.0597 e. The Hall–Kier alpha value is -0.120. The largest absolute Gasteiger partial charge is 0.377 e. The predicted molar refractivity (Wildman–Crippen MR) is 75.9 cm³/mol. The number of nitrogens with zero attached hydrogens (tertiary/aromatic N) is 1. The standard InChI is InChI=1S/C15H30N2O/c1-13-11-16-15(2,3)12-17(13)9-10-18-14-7-5-4-6-8-14/h13-14,16H,4-12H2,1-3H3. The fraction of sp³-hybridized carbons (Fsp3) is 1.00.